The van der Waals surface area contributed by atoms with Crippen LogP contribution in [0.25, 0.3) is 44.0 Å². The van der Waals surface area contributed by atoms with Crippen molar-refractivity contribution in [1.29, 1.82) is 0 Å². The number of aromatic amines is 1. The summed E-state index contributed by atoms with van der Waals surface area (Å²) >= 11 is 0. The number of primary amides is 1. The second-order valence-corrected chi connectivity index (χ2v) is 8.86. The fourth-order valence-electron chi connectivity index (χ4n) is 5.13. The van der Waals surface area contributed by atoms with Crippen molar-refractivity contribution in [2.75, 3.05) is 6.54 Å². The lowest BCUT2D eigenvalue weighted by Gasteiger charge is -2.08. The molecule has 1 amide bonds. The van der Waals surface area contributed by atoms with Crippen LogP contribution in [0.2, 0.25) is 0 Å². The Kier molecular flexibility index (Phi) is 5.12. The maximum Gasteiger partial charge on any atom is 0.248 e. The number of furan rings is 1. The lowest BCUT2D eigenvalue weighted by Crippen LogP contribution is -2.14. The first-order valence-corrected chi connectivity index (χ1v) is 11.8. The van der Waals surface area contributed by atoms with E-state index in [2.05, 4.69) is 47.4 Å². The molecule has 0 saturated heterocycles. The number of nitrogens with two attached hydrogens (primary N) is 2. The van der Waals surface area contributed by atoms with Crippen molar-refractivity contribution in [3.8, 4) is 11.1 Å². The van der Waals surface area contributed by atoms with Crippen LogP contribution in [0.1, 0.15) is 27.2 Å². The fourth-order valence-corrected chi connectivity index (χ4v) is 5.13. The van der Waals surface area contributed by atoms with Crippen LogP contribution in [0.5, 0.6) is 0 Å². The molecule has 0 aliphatic heterocycles. The summed E-state index contributed by atoms with van der Waals surface area (Å²) in [6.07, 6.45) is 1.31. The third-order valence-corrected chi connectivity index (χ3v) is 6.75. The highest BCUT2D eigenvalue weighted by Gasteiger charge is 2.17. The maximum atomic E-state index is 12.0. The normalized spacial score (nSPS) is 11.6. The minimum Gasteiger partial charge on any atom is -0.455 e. The number of amides is 1. The van der Waals surface area contributed by atoms with E-state index in [1.807, 2.05) is 36.4 Å². The molecule has 0 unspecified atom stereocenters. The van der Waals surface area contributed by atoms with Crippen LogP contribution in [-0.4, -0.2) is 17.4 Å². The summed E-state index contributed by atoms with van der Waals surface area (Å²) in [5, 5.41) is 3.36. The minimum atomic E-state index is -0.418. The van der Waals surface area contributed by atoms with E-state index in [0.29, 0.717) is 18.5 Å². The molecule has 35 heavy (non-hydrogen) atoms. The molecular formula is C30H25N3O2. The molecule has 2 aromatic heterocycles. The van der Waals surface area contributed by atoms with Gasteiger partial charge in [0.05, 0.1) is 0 Å². The van der Waals surface area contributed by atoms with Crippen LogP contribution >= 0.6 is 0 Å². The third-order valence-electron chi connectivity index (χ3n) is 6.75. The SMILES string of the molecule is NCCc1c(Cc2ccccc2C(N)=O)[nH]c2ccc(-c3cccc4c3oc3ccccc34)cc12. The van der Waals surface area contributed by atoms with Gasteiger partial charge in [-0.1, -0.05) is 60.7 Å². The van der Waals surface area contributed by atoms with Crippen molar-refractivity contribution in [2.45, 2.75) is 12.8 Å². The molecule has 0 spiro atoms. The zero-order chi connectivity index (χ0) is 23.9. The average molecular weight is 460 g/mol. The molecular weight excluding hydrogens is 434 g/mol. The zero-order valence-corrected chi connectivity index (χ0v) is 19.2. The summed E-state index contributed by atoms with van der Waals surface area (Å²) < 4.78 is 6.28. The first kappa shape index (κ1) is 21.2. The van der Waals surface area contributed by atoms with Gasteiger partial charge in [0.1, 0.15) is 11.2 Å². The predicted molar refractivity (Wildman–Crippen MR) is 142 cm³/mol. The van der Waals surface area contributed by atoms with Crippen molar-refractivity contribution < 1.29 is 9.21 Å². The molecule has 0 bridgehead atoms. The van der Waals surface area contributed by atoms with E-state index in [9.17, 15) is 4.79 Å². The second kappa shape index (κ2) is 8.46. The van der Waals surface area contributed by atoms with Gasteiger partial charge in [-0.05, 0) is 53.9 Å². The van der Waals surface area contributed by atoms with Gasteiger partial charge in [-0.15, -0.1) is 0 Å². The Labute approximate surface area is 202 Å². The Balaban J connectivity index is 1.50. The smallest absolute Gasteiger partial charge is 0.248 e. The van der Waals surface area contributed by atoms with Gasteiger partial charge in [-0.3, -0.25) is 4.79 Å². The lowest BCUT2D eigenvalue weighted by molar-refractivity contribution is 0.0999. The monoisotopic (exact) mass is 459 g/mol. The van der Waals surface area contributed by atoms with E-state index < -0.39 is 5.91 Å². The van der Waals surface area contributed by atoms with Crippen LogP contribution in [0.15, 0.2) is 89.3 Å². The van der Waals surface area contributed by atoms with Gasteiger partial charge >= 0.3 is 0 Å². The second-order valence-electron chi connectivity index (χ2n) is 8.86. The first-order chi connectivity index (χ1) is 17.1. The van der Waals surface area contributed by atoms with Crippen LogP contribution < -0.4 is 11.5 Å². The number of rotatable bonds is 6. The molecule has 172 valence electrons. The molecule has 0 radical (unpaired) electrons. The summed E-state index contributed by atoms with van der Waals surface area (Å²) in [6.45, 7) is 0.529. The number of aromatic nitrogens is 1. The van der Waals surface area contributed by atoms with E-state index in [1.165, 1.54) is 5.56 Å². The number of nitrogens with one attached hydrogen (secondary N) is 1. The van der Waals surface area contributed by atoms with Crippen molar-refractivity contribution in [3.63, 3.8) is 0 Å². The summed E-state index contributed by atoms with van der Waals surface area (Å²) in [7, 11) is 0. The summed E-state index contributed by atoms with van der Waals surface area (Å²) in [4.78, 5) is 15.5. The van der Waals surface area contributed by atoms with E-state index in [4.69, 9.17) is 15.9 Å². The molecule has 0 fully saturated rings. The van der Waals surface area contributed by atoms with Crippen molar-refractivity contribution in [2.24, 2.45) is 11.5 Å². The molecule has 6 rings (SSSR count). The van der Waals surface area contributed by atoms with Crippen LogP contribution in [0, 0.1) is 0 Å². The number of carbonyl (C=O) groups excluding carboxylic acids is 1. The molecule has 0 saturated carbocycles. The van der Waals surface area contributed by atoms with Crippen LogP contribution in [0.3, 0.4) is 0 Å². The summed E-state index contributed by atoms with van der Waals surface area (Å²) in [5.41, 5.74) is 20.3. The lowest BCUT2D eigenvalue weighted by atomic mass is 9.96. The largest absolute Gasteiger partial charge is 0.455 e. The van der Waals surface area contributed by atoms with Crippen LogP contribution in [0.4, 0.5) is 0 Å². The van der Waals surface area contributed by atoms with Gasteiger partial charge in [-0.2, -0.15) is 0 Å². The first-order valence-electron chi connectivity index (χ1n) is 11.8. The Bertz CT molecular complexity index is 1720. The molecule has 5 heteroatoms. The van der Waals surface area contributed by atoms with E-state index in [0.717, 1.165) is 61.6 Å². The molecule has 0 aliphatic carbocycles. The van der Waals surface area contributed by atoms with Crippen molar-refractivity contribution >= 4 is 38.7 Å². The van der Waals surface area contributed by atoms with Gasteiger partial charge in [0, 0.05) is 44.9 Å². The Morgan fingerprint density at radius 1 is 0.857 bits per heavy atom. The number of hydrogen-bond acceptors (Lipinski definition) is 3. The zero-order valence-electron chi connectivity index (χ0n) is 19.2. The maximum absolute atomic E-state index is 12.0. The molecule has 6 aromatic rings. The highest BCUT2D eigenvalue weighted by molar-refractivity contribution is 6.10. The molecule has 4 aromatic carbocycles. The number of H-pyrrole nitrogens is 1. The van der Waals surface area contributed by atoms with E-state index >= 15 is 0 Å². The van der Waals surface area contributed by atoms with Gasteiger partial charge in [0.25, 0.3) is 0 Å². The highest BCUT2D eigenvalue weighted by Crippen LogP contribution is 2.37. The Morgan fingerprint density at radius 3 is 2.51 bits per heavy atom. The van der Waals surface area contributed by atoms with Crippen molar-refractivity contribution in [3.05, 3.63) is 107 Å². The number of fused-ring (bicyclic) bond motifs is 4. The van der Waals surface area contributed by atoms with Crippen molar-refractivity contribution in [1.82, 2.24) is 4.98 Å². The van der Waals surface area contributed by atoms with Gasteiger partial charge < -0.3 is 20.9 Å². The van der Waals surface area contributed by atoms with Gasteiger partial charge in [0.15, 0.2) is 0 Å². The van der Waals surface area contributed by atoms with E-state index in [-0.39, 0.29) is 0 Å². The number of para-hydroxylation sites is 2. The Hall–Kier alpha value is -4.35. The van der Waals surface area contributed by atoms with Gasteiger partial charge in [0.2, 0.25) is 5.91 Å². The molecule has 5 N–H and O–H groups in total. The fraction of sp³-hybridized carbons (Fsp3) is 0.100. The summed E-state index contributed by atoms with van der Waals surface area (Å²) in [5.74, 6) is -0.418. The third kappa shape index (κ3) is 3.57. The van der Waals surface area contributed by atoms with Crippen LogP contribution in [-0.2, 0) is 12.8 Å². The van der Waals surface area contributed by atoms with Gasteiger partial charge in [-0.25, -0.2) is 0 Å². The summed E-state index contributed by atoms with van der Waals surface area (Å²) in [6, 6.07) is 28.3. The average Bonchev–Trinajstić information content (AvgIpc) is 3.42. The minimum absolute atomic E-state index is 0.418. The van der Waals surface area contributed by atoms with E-state index in [1.54, 1.807) is 6.07 Å². The topological polar surface area (TPSA) is 98.0 Å². The quantitative estimate of drug-likeness (QED) is 0.288. The highest BCUT2D eigenvalue weighted by atomic mass is 16.3. The molecule has 0 aliphatic rings. The standard InChI is InChI=1S/C30H25N3O2/c31-15-14-22-25-16-19(20-9-5-10-24-23-8-3-4-11-28(23)35-29(20)24)12-13-26(25)33-27(22)17-18-6-1-2-7-21(18)30(32)34/h1-13,16,33H,14-15,17,31H2,(H2,32,34). The number of hydrogen-bond donors (Lipinski definition) is 3. The molecule has 2 heterocycles. The molecule has 0 atom stereocenters. The molecule has 5 nitrogen and oxygen atoms in total. The number of carbonyl (C=O) groups is 1. The predicted octanol–water partition coefficient (Wildman–Crippen LogP) is 5.93. The Morgan fingerprint density at radius 2 is 1.66 bits per heavy atom. The number of benzene rings is 4.